The minimum atomic E-state index is -0.394. The number of rotatable bonds is 6. The predicted molar refractivity (Wildman–Crippen MR) is 86.0 cm³/mol. The lowest BCUT2D eigenvalue weighted by Gasteiger charge is -2.23. The maximum Gasteiger partial charge on any atom is 0.128 e. The van der Waals surface area contributed by atoms with Crippen LogP contribution in [0.4, 0.5) is 8.78 Å². The highest BCUT2D eigenvalue weighted by atomic mass is 19.1. The summed E-state index contributed by atoms with van der Waals surface area (Å²) in [5, 5.41) is 7.82. The van der Waals surface area contributed by atoms with Gasteiger partial charge in [-0.15, -0.1) is 0 Å². The van der Waals surface area contributed by atoms with Gasteiger partial charge in [0.15, 0.2) is 0 Å². The van der Waals surface area contributed by atoms with Crippen LogP contribution in [0.3, 0.4) is 0 Å². The number of aromatic nitrogens is 2. The van der Waals surface area contributed by atoms with Crippen LogP contribution in [0.25, 0.3) is 0 Å². The molecule has 0 radical (unpaired) electrons. The van der Waals surface area contributed by atoms with E-state index in [4.69, 9.17) is 0 Å². The van der Waals surface area contributed by atoms with Crippen molar-refractivity contribution >= 4 is 0 Å². The molecule has 0 aliphatic heterocycles. The molecule has 3 nitrogen and oxygen atoms in total. The van der Waals surface area contributed by atoms with Crippen LogP contribution in [0.2, 0.25) is 0 Å². The zero-order chi connectivity index (χ0) is 16.6. The van der Waals surface area contributed by atoms with Gasteiger partial charge < -0.3 is 5.32 Å². The topological polar surface area (TPSA) is 29.9 Å². The fourth-order valence-electron chi connectivity index (χ4n) is 2.89. The molecule has 0 unspecified atom stereocenters. The molecule has 0 saturated heterocycles. The molecule has 1 N–H and O–H groups in total. The Morgan fingerprint density at radius 1 is 1.22 bits per heavy atom. The summed E-state index contributed by atoms with van der Waals surface area (Å²) >= 11 is 0. The number of halogens is 2. The molecule has 0 amide bonds. The average Bonchev–Trinajstić information content (AvgIpc) is 3.22. The highest BCUT2D eigenvalue weighted by molar-refractivity contribution is 5.25. The van der Waals surface area contributed by atoms with Crippen LogP contribution in [-0.2, 0) is 0 Å². The second kappa shape index (κ2) is 6.40. The molecule has 1 heterocycles. The molecule has 124 valence electrons. The monoisotopic (exact) mass is 319 g/mol. The Labute approximate surface area is 135 Å². The second-order valence-corrected chi connectivity index (χ2v) is 6.72. The lowest BCUT2D eigenvalue weighted by atomic mass is 9.99. The zero-order valence-electron chi connectivity index (χ0n) is 13.8. The van der Waals surface area contributed by atoms with Gasteiger partial charge in [-0.2, -0.15) is 5.10 Å². The highest BCUT2D eigenvalue weighted by Crippen LogP contribution is 2.43. The summed E-state index contributed by atoms with van der Waals surface area (Å²) in [7, 11) is 0. The van der Waals surface area contributed by atoms with Crippen LogP contribution >= 0.6 is 0 Å². The van der Waals surface area contributed by atoms with Crippen molar-refractivity contribution < 1.29 is 8.78 Å². The molecule has 2 atom stereocenters. The average molecular weight is 319 g/mol. The molecule has 0 bridgehead atoms. The molecule has 0 spiro atoms. The summed E-state index contributed by atoms with van der Waals surface area (Å²) in [5.74, 6) is -0.371. The molecule has 5 heteroatoms. The van der Waals surface area contributed by atoms with Crippen LogP contribution in [0.5, 0.6) is 0 Å². The Kier molecular flexibility index (Phi) is 4.48. The minimum Gasteiger partial charge on any atom is -0.303 e. The first-order valence-electron chi connectivity index (χ1n) is 8.20. The zero-order valence-corrected chi connectivity index (χ0v) is 13.8. The third-order valence-corrected chi connectivity index (χ3v) is 4.47. The van der Waals surface area contributed by atoms with Gasteiger partial charge in [-0.3, -0.25) is 4.68 Å². The molecule has 1 fully saturated rings. The van der Waals surface area contributed by atoms with Gasteiger partial charge in [0.1, 0.15) is 11.6 Å². The Morgan fingerprint density at radius 3 is 2.57 bits per heavy atom. The van der Waals surface area contributed by atoms with Gasteiger partial charge in [0, 0.05) is 35.4 Å². The molecular formula is C18H23F2N3. The largest absolute Gasteiger partial charge is 0.303 e. The summed E-state index contributed by atoms with van der Waals surface area (Å²) < 4.78 is 29.6. The summed E-state index contributed by atoms with van der Waals surface area (Å²) in [6, 6.07) is 3.85. The summed E-state index contributed by atoms with van der Waals surface area (Å²) in [6.07, 6.45) is 5.94. The Bertz CT molecular complexity index is 677. The molecule has 1 aliphatic carbocycles. The van der Waals surface area contributed by atoms with E-state index in [9.17, 15) is 8.78 Å². The normalized spacial score (nSPS) is 17.5. The number of benzene rings is 1. The smallest absolute Gasteiger partial charge is 0.128 e. The van der Waals surface area contributed by atoms with Crippen LogP contribution in [0.1, 0.15) is 62.9 Å². The Morgan fingerprint density at radius 2 is 1.96 bits per heavy atom. The highest BCUT2D eigenvalue weighted by Gasteiger charge is 2.35. The van der Waals surface area contributed by atoms with Crippen molar-refractivity contribution in [3.63, 3.8) is 0 Å². The predicted octanol–water partition coefficient (Wildman–Crippen LogP) is 4.54. The van der Waals surface area contributed by atoms with Crippen molar-refractivity contribution in [1.82, 2.24) is 15.1 Å². The van der Waals surface area contributed by atoms with E-state index in [-0.39, 0.29) is 17.9 Å². The van der Waals surface area contributed by atoms with Crippen molar-refractivity contribution in [2.75, 3.05) is 0 Å². The summed E-state index contributed by atoms with van der Waals surface area (Å²) in [4.78, 5) is 0. The van der Waals surface area contributed by atoms with Crippen LogP contribution in [-0.4, -0.2) is 9.78 Å². The van der Waals surface area contributed by atoms with E-state index in [1.807, 2.05) is 24.0 Å². The molecule has 2 aromatic rings. The van der Waals surface area contributed by atoms with Gasteiger partial charge in [0.25, 0.3) is 0 Å². The first kappa shape index (κ1) is 16.1. The van der Waals surface area contributed by atoms with E-state index < -0.39 is 5.82 Å². The van der Waals surface area contributed by atoms with Crippen LogP contribution in [0, 0.1) is 17.6 Å². The third-order valence-electron chi connectivity index (χ3n) is 4.47. The van der Waals surface area contributed by atoms with Crippen molar-refractivity contribution in [2.24, 2.45) is 5.92 Å². The van der Waals surface area contributed by atoms with E-state index in [0.29, 0.717) is 17.5 Å². The first-order valence-corrected chi connectivity index (χ1v) is 8.20. The second-order valence-electron chi connectivity index (χ2n) is 6.72. The quantitative estimate of drug-likeness (QED) is 0.847. The van der Waals surface area contributed by atoms with E-state index in [1.165, 1.54) is 18.2 Å². The molecule has 1 aromatic carbocycles. The van der Waals surface area contributed by atoms with E-state index in [0.717, 1.165) is 18.4 Å². The van der Waals surface area contributed by atoms with Crippen molar-refractivity contribution in [3.8, 4) is 0 Å². The van der Waals surface area contributed by atoms with Crippen molar-refractivity contribution in [2.45, 2.75) is 51.7 Å². The van der Waals surface area contributed by atoms with E-state index in [1.54, 1.807) is 0 Å². The van der Waals surface area contributed by atoms with Crippen LogP contribution < -0.4 is 5.32 Å². The van der Waals surface area contributed by atoms with Crippen molar-refractivity contribution in [1.29, 1.82) is 0 Å². The van der Waals surface area contributed by atoms with Gasteiger partial charge in [0.2, 0.25) is 0 Å². The fraction of sp³-hybridized carbons (Fsp3) is 0.500. The third kappa shape index (κ3) is 3.61. The number of nitrogens with one attached hydrogen (secondary N) is 1. The lowest BCUT2D eigenvalue weighted by Crippen LogP contribution is -2.27. The maximum atomic E-state index is 14.1. The fourth-order valence-corrected chi connectivity index (χ4v) is 2.89. The molecule has 23 heavy (non-hydrogen) atoms. The molecule has 1 aliphatic rings. The molecule has 1 aromatic heterocycles. The lowest BCUT2D eigenvalue weighted by molar-refractivity contribution is 0.409. The Hall–Kier alpha value is -1.75. The van der Waals surface area contributed by atoms with Crippen LogP contribution in [0.15, 0.2) is 30.6 Å². The van der Waals surface area contributed by atoms with Gasteiger partial charge in [-0.25, -0.2) is 8.78 Å². The molecular weight excluding hydrogens is 296 g/mol. The van der Waals surface area contributed by atoms with Crippen molar-refractivity contribution in [3.05, 3.63) is 53.4 Å². The van der Waals surface area contributed by atoms with Gasteiger partial charge in [0.05, 0.1) is 6.20 Å². The maximum absolute atomic E-state index is 14.1. The first-order chi connectivity index (χ1) is 11.0. The number of hydrogen-bond acceptors (Lipinski definition) is 2. The van der Waals surface area contributed by atoms with E-state index in [2.05, 4.69) is 24.3 Å². The molecule has 1 saturated carbocycles. The standard InChI is InChI=1S/C18H23F2N3/c1-11(2)23-10-14(9-21-23)12(3)22-18(13-4-5-13)16-8-15(19)6-7-17(16)20/h6-13,18,22H,4-5H2,1-3H3/t12-,18-/m1/s1. The van der Waals surface area contributed by atoms with E-state index >= 15 is 0 Å². The summed E-state index contributed by atoms with van der Waals surface area (Å²) in [6.45, 7) is 6.18. The summed E-state index contributed by atoms with van der Waals surface area (Å²) in [5.41, 5.74) is 1.48. The van der Waals surface area contributed by atoms with Gasteiger partial charge in [-0.1, -0.05) is 0 Å². The minimum absolute atomic E-state index is 0.0239. The Balaban J connectivity index is 1.80. The molecule has 3 rings (SSSR count). The SMILES string of the molecule is CC(C)n1cc([C@@H](C)N[C@@H](c2cc(F)ccc2F)C2CC2)cn1. The van der Waals surface area contributed by atoms with Gasteiger partial charge in [-0.05, 0) is 57.7 Å². The number of nitrogens with zero attached hydrogens (tertiary/aromatic N) is 2. The van der Waals surface area contributed by atoms with Gasteiger partial charge >= 0.3 is 0 Å². The number of hydrogen-bond donors (Lipinski definition) is 1.